The first kappa shape index (κ1) is 34.1. The molecule has 6 rings (SSSR count). The molecule has 2 aromatic heterocycles. The predicted molar refractivity (Wildman–Crippen MR) is 152 cm³/mol. The molecule has 1 N–H and O–H groups in total. The molecule has 3 heterocycles. The summed E-state index contributed by atoms with van der Waals surface area (Å²) in [7, 11) is -3.96. The molecule has 0 saturated carbocycles. The second-order valence-electron chi connectivity index (χ2n) is 11.1. The Kier molecular flexibility index (Phi) is 7.74. The van der Waals surface area contributed by atoms with Crippen LogP contribution in [0.1, 0.15) is 40.6 Å². The van der Waals surface area contributed by atoms with E-state index >= 15 is 4.39 Å². The number of benzene rings is 2. The Morgan fingerprint density at radius 3 is 2.12 bits per heavy atom. The number of nitrogens with zero attached hydrogens (tertiary/aromatic N) is 4. The lowest BCUT2D eigenvalue weighted by Crippen LogP contribution is -2.31. The number of sulfone groups is 1. The summed E-state index contributed by atoms with van der Waals surface area (Å²) < 4.78 is 164. The van der Waals surface area contributed by atoms with E-state index in [4.69, 9.17) is 0 Å². The summed E-state index contributed by atoms with van der Waals surface area (Å²) in [6.07, 6.45) is -11.3. The number of aryl methyl sites for hydroxylation is 1. The van der Waals surface area contributed by atoms with Crippen molar-refractivity contribution in [3.05, 3.63) is 95.1 Å². The normalized spacial score (nSPS) is 19.2. The van der Waals surface area contributed by atoms with Crippen LogP contribution in [0.3, 0.4) is 0 Å². The van der Waals surface area contributed by atoms with Gasteiger partial charge in [0.1, 0.15) is 5.82 Å². The van der Waals surface area contributed by atoms with Gasteiger partial charge in [-0.05, 0) is 47.9 Å². The third kappa shape index (κ3) is 6.16. The lowest BCUT2D eigenvalue weighted by Gasteiger charge is -2.33. The number of hydrogen-bond donors (Lipinski definition) is 1. The molecule has 0 spiro atoms. The van der Waals surface area contributed by atoms with Crippen LogP contribution in [-0.2, 0) is 34.5 Å². The number of halogens is 9. The van der Waals surface area contributed by atoms with Crippen molar-refractivity contribution in [2.24, 2.45) is 0 Å². The highest BCUT2D eigenvalue weighted by atomic mass is 32.2. The zero-order valence-electron chi connectivity index (χ0n) is 24.9. The van der Waals surface area contributed by atoms with Crippen LogP contribution in [0.2, 0.25) is 0 Å². The monoisotopic (exact) mass is 720 g/mol. The van der Waals surface area contributed by atoms with Crippen LogP contribution in [0, 0.1) is 6.92 Å². The van der Waals surface area contributed by atoms with Crippen molar-refractivity contribution in [1.82, 2.24) is 19.1 Å². The summed E-state index contributed by atoms with van der Waals surface area (Å²) in [6.45, 7) is 0.423. The van der Waals surface area contributed by atoms with E-state index in [-0.39, 0.29) is 27.3 Å². The number of rotatable bonds is 6. The fourth-order valence-electron chi connectivity index (χ4n) is 5.55. The van der Waals surface area contributed by atoms with Gasteiger partial charge >= 0.3 is 18.6 Å². The highest BCUT2D eigenvalue weighted by molar-refractivity contribution is 7.90. The van der Waals surface area contributed by atoms with Crippen LogP contribution in [0.4, 0.5) is 39.5 Å². The number of alkyl halides is 9. The maximum atomic E-state index is 18.1. The quantitative estimate of drug-likeness (QED) is 0.218. The molecule has 0 saturated heterocycles. The number of aliphatic hydroxyl groups excluding tert-OH is 1. The lowest BCUT2D eigenvalue weighted by atomic mass is 9.84. The molecule has 49 heavy (non-hydrogen) atoms. The van der Waals surface area contributed by atoms with Gasteiger partial charge in [0.15, 0.2) is 38.5 Å². The van der Waals surface area contributed by atoms with E-state index in [1.54, 1.807) is 0 Å². The van der Waals surface area contributed by atoms with E-state index < -0.39 is 87.4 Å². The van der Waals surface area contributed by atoms with E-state index in [2.05, 4.69) is 19.4 Å². The smallest absolute Gasteiger partial charge is 0.395 e. The molecule has 4 aromatic rings. The van der Waals surface area contributed by atoms with Crippen LogP contribution in [0.25, 0.3) is 17.0 Å². The average Bonchev–Trinajstić information content (AvgIpc) is 3.70. The van der Waals surface area contributed by atoms with Gasteiger partial charge in [0.25, 0.3) is 0 Å². The molecule has 0 bridgehead atoms. The van der Waals surface area contributed by atoms with Crippen LogP contribution < -0.4 is 9.47 Å². The molecule has 0 radical (unpaired) electrons. The van der Waals surface area contributed by atoms with Crippen LogP contribution in [-0.4, -0.2) is 45.2 Å². The number of allylic oxidation sites excluding steroid dienone is 4. The maximum absolute atomic E-state index is 18.1. The van der Waals surface area contributed by atoms with Gasteiger partial charge in [-0.2, -0.15) is 26.3 Å². The van der Waals surface area contributed by atoms with Crippen molar-refractivity contribution < 1.29 is 62.5 Å². The largest absolute Gasteiger partial charge is 0.586 e. The molecule has 0 amide bonds. The van der Waals surface area contributed by atoms with Crippen LogP contribution in [0.5, 0.6) is 11.5 Å². The van der Waals surface area contributed by atoms with Crippen LogP contribution >= 0.6 is 0 Å². The fraction of sp³-hybridized carbons (Fsp3) is 0.267. The maximum Gasteiger partial charge on any atom is 0.586 e. The Bertz CT molecular complexity index is 2170. The number of fused-ring (bicyclic) bond motifs is 1. The van der Waals surface area contributed by atoms with Gasteiger partial charge in [0, 0.05) is 31.1 Å². The van der Waals surface area contributed by atoms with Gasteiger partial charge < -0.3 is 19.1 Å². The van der Waals surface area contributed by atoms with Crippen molar-refractivity contribution in [3.63, 3.8) is 0 Å². The molecular formula is C30H21F9N4O5S. The number of hydrogen-bond acceptors (Lipinski definition) is 7. The number of aliphatic hydroxyl groups is 1. The van der Waals surface area contributed by atoms with Gasteiger partial charge in [0.05, 0.1) is 22.9 Å². The third-order valence-electron chi connectivity index (χ3n) is 7.74. The Balaban J connectivity index is 1.59. The molecule has 2 aliphatic rings. The first-order chi connectivity index (χ1) is 22.6. The minimum Gasteiger partial charge on any atom is -0.395 e. The molecular weight excluding hydrogens is 699 g/mol. The molecule has 1 atom stereocenters. The molecule has 1 aliphatic heterocycles. The number of ether oxygens (including phenoxy) is 2. The Labute approximate surface area is 270 Å². The highest BCUT2D eigenvalue weighted by Gasteiger charge is 2.49. The second-order valence-corrected chi connectivity index (χ2v) is 13.1. The zero-order chi connectivity index (χ0) is 35.9. The van der Waals surface area contributed by atoms with Gasteiger partial charge in [-0.25, -0.2) is 22.8 Å². The van der Waals surface area contributed by atoms with Gasteiger partial charge in [-0.1, -0.05) is 18.2 Å². The third-order valence-corrected chi connectivity index (χ3v) is 8.92. The highest BCUT2D eigenvalue weighted by Crippen LogP contribution is 2.50. The standard InChI is InChI=1S/C30H21F9N4O5S/c1-15-40-23(28(32,33)34)12-42(15)25-8-5-17(16-3-4-18(14-44)22(9-16)49(2,45)46)11-27(25,31)26-41-24(29(35,36)37)13-43(26)19-6-7-20-21(10-19)48-30(38,39)47-20/h3-10,12-13,44H,11,14H2,1-2H3. The van der Waals surface area contributed by atoms with Crippen molar-refractivity contribution in [1.29, 1.82) is 0 Å². The Hall–Kier alpha value is -4.78. The summed E-state index contributed by atoms with van der Waals surface area (Å²) in [5.74, 6) is -2.52. The summed E-state index contributed by atoms with van der Waals surface area (Å²) in [5, 5.41) is 9.66. The first-order valence-electron chi connectivity index (χ1n) is 13.9. The molecule has 1 aliphatic carbocycles. The molecule has 19 heteroatoms. The molecule has 260 valence electrons. The molecule has 2 aromatic carbocycles. The van der Waals surface area contributed by atoms with E-state index in [0.717, 1.165) is 43.5 Å². The topological polar surface area (TPSA) is 108 Å². The number of imidazole rings is 2. The summed E-state index contributed by atoms with van der Waals surface area (Å²) in [5.41, 5.74) is -7.30. The number of aromatic nitrogens is 4. The predicted octanol–water partition coefficient (Wildman–Crippen LogP) is 6.83. The average molecular weight is 721 g/mol. The minimum atomic E-state index is -5.18. The van der Waals surface area contributed by atoms with Crippen molar-refractivity contribution in [2.75, 3.05) is 6.26 Å². The van der Waals surface area contributed by atoms with E-state index in [9.17, 15) is 48.6 Å². The SMILES string of the molecule is Cc1nc(C(F)(F)F)cn1C1=CC=C(c2ccc(CO)c(S(C)(=O)=O)c2)CC1(F)c1nc(C(F)(F)F)cn1-c1ccc2c(c1)OC(F)(F)O2. The van der Waals surface area contributed by atoms with E-state index in [1.807, 2.05) is 0 Å². The summed E-state index contributed by atoms with van der Waals surface area (Å²) in [6, 6.07) is 6.46. The summed E-state index contributed by atoms with van der Waals surface area (Å²) in [4.78, 5) is 6.65. The van der Waals surface area contributed by atoms with Crippen LogP contribution in [0.15, 0.2) is 65.8 Å². The van der Waals surface area contributed by atoms with E-state index in [0.29, 0.717) is 21.5 Å². The first-order valence-corrected chi connectivity index (χ1v) is 15.8. The lowest BCUT2D eigenvalue weighted by molar-refractivity contribution is -0.286. The van der Waals surface area contributed by atoms with Crippen molar-refractivity contribution in [2.45, 2.75) is 49.2 Å². The zero-order valence-corrected chi connectivity index (χ0v) is 25.7. The van der Waals surface area contributed by atoms with Crippen molar-refractivity contribution in [3.8, 4) is 17.2 Å². The Morgan fingerprint density at radius 1 is 0.878 bits per heavy atom. The fourth-order valence-corrected chi connectivity index (χ4v) is 6.50. The van der Waals surface area contributed by atoms with Gasteiger partial charge in [0.2, 0.25) is 5.67 Å². The Morgan fingerprint density at radius 2 is 1.51 bits per heavy atom. The van der Waals surface area contributed by atoms with Gasteiger partial charge in [-0.3, -0.25) is 4.57 Å². The second kappa shape index (κ2) is 11.1. The van der Waals surface area contributed by atoms with E-state index in [1.165, 1.54) is 18.2 Å². The molecule has 0 fully saturated rings. The van der Waals surface area contributed by atoms with Crippen molar-refractivity contribution >= 4 is 21.1 Å². The summed E-state index contributed by atoms with van der Waals surface area (Å²) >= 11 is 0. The molecule has 9 nitrogen and oxygen atoms in total. The minimum absolute atomic E-state index is 0.00197. The molecule has 1 unspecified atom stereocenters. The van der Waals surface area contributed by atoms with Gasteiger partial charge in [-0.15, -0.1) is 8.78 Å².